The summed E-state index contributed by atoms with van der Waals surface area (Å²) in [5.74, 6) is 1.38. The van der Waals surface area contributed by atoms with Crippen LogP contribution in [0.2, 0.25) is 0 Å². The van der Waals surface area contributed by atoms with Gasteiger partial charge in [0.05, 0.1) is 18.8 Å². The molecule has 1 fully saturated rings. The summed E-state index contributed by atoms with van der Waals surface area (Å²) in [5, 5.41) is 9.91. The van der Waals surface area contributed by atoms with Crippen LogP contribution in [0.3, 0.4) is 0 Å². The van der Waals surface area contributed by atoms with Crippen LogP contribution in [-0.4, -0.2) is 72.4 Å². The van der Waals surface area contributed by atoms with Gasteiger partial charge in [0.2, 0.25) is 0 Å². The molecule has 0 radical (unpaired) electrons. The lowest BCUT2D eigenvalue weighted by Crippen LogP contribution is -2.52. The van der Waals surface area contributed by atoms with Crippen molar-refractivity contribution in [1.29, 1.82) is 0 Å². The first-order chi connectivity index (χ1) is 11.4. The molecule has 1 aromatic carbocycles. The summed E-state index contributed by atoms with van der Waals surface area (Å²) in [6.07, 6.45) is 0.848. The fourth-order valence-corrected chi connectivity index (χ4v) is 3.14. The van der Waals surface area contributed by atoms with Crippen LogP contribution < -0.4 is 9.47 Å². The SMILES string of the molecule is CC(C)(O)CN1CCN(C(=O)c2ccc3c(c2)OCCCO3)CC1. The van der Waals surface area contributed by atoms with E-state index < -0.39 is 5.60 Å². The van der Waals surface area contributed by atoms with Gasteiger partial charge in [-0.1, -0.05) is 0 Å². The molecule has 132 valence electrons. The average molecular weight is 334 g/mol. The van der Waals surface area contributed by atoms with Gasteiger partial charge in [-0.2, -0.15) is 0 Å². The van der Waals surface area contributed by atoms with E-state index in [0.717, 1.165) is 19.5 Å². The third-order valence-electron chi connectivity index (χ3n) is 4.26. The largest absolute Gasteiger partial charge is 0.490 e. The first-order valence-electron chi connectivity index (χ1n) is 8.56. The maximum atomic E-state index is 12.7. The van der Waals surface area contributed by atoms with Gasteiger partial charge >= 0.3 is 0 Å². The Kier molecular flexibility index (Phi) is 4.96. The minimum Gasteiger partial charge on any atom is -0.490 e. The molecule has 1 aromatic rings. The van der Waals surface area contributed by atoms with Crippen molar-refractivity contribution in [3.8, 4) is 11.5 Å². The van der Waals surface area contributed by atoms with Crippen LogP contribution in [0.4, 0.5) is 0 Å². The highest BCUT2D eigenvalue weighted by Crippen LogP contribution is 2.30. The van der Waals surface area contributed by atoms with E-state index in [-0.39, 0.29) is 5.91 Å². The van der Waals surface area contributed by atoms with Crippen molar-refractivity contribution in [1.82, 2.24) is 9.80 Å². The summed E-state index contributed by atoms with van der Waals surface area (Å²) >= 11 is 0. The van der Waals surface area contributed by atoms with E-state index in [1.54, 1.807) is 12.1 Å². The van der Waals surface area contributed by atoms with E-state index in [4.69, 9.17) is 9.47 Å². The summed E-state index contributed by atoms with van der Waals surface area (Å²) in [7, 11) is 0. The highest BCUT2D eigenvalue weighted by Gasteiger charge is 2.26. The second-order valence-electron chi connectivity index (χ2n) is 7.09. The number of aliphatic hydroxyl groups is 1. The fourth-order valence-electron chi connectivity index (χ4n) is 3.14. The molecule has 6 nitrogen and oxygen atoms in total. The zero-order chi connectivity index (χ0) is 17.2. The summed E-state index contributed by atoms with van der Waals surface area (Å²) in [4.78, 5) is 16.8. The standard InChI is InChI=1S/C18H26N2O4/c1-18(2,22)13-19-6-8-20(9-7-19)17(21)14-4-5-15-16(12-14)24-11-3-10-23-15/h4-5,12,22H,3,6-11,13H2,1-2H3. The zero-order valence-electron chi connectivity index (χ0n) is 14.5. The number of piperazine rings is 1. The van der Waals surface area contributed by atoms with Gasteiger partial charge in [-0.25, -0.2) is 0 Å². The van der Waals surface area contributed by atoms with Gasteiger partial charge in [-0.05, 0) is 32.0 Å². The molecule has 0 saturated carbocycles. The second kappa shape index (κ2) is 6.99. The molecule has 1 N–H and O–H groups in total. The summed E-state index contributed by atoms with van der Waals surface area (Å²) in [6.45, 7) is 8.39. The van der Waals surface area contributed by atoms with Gasteiger partial charge in [-0.3, -0.25) is 9.69 Å². The Morgan fingerprint density at radius 2 is 1.79 bits per heavy atom. The first-order valence-corrected chi connectivity index (χ1v) is 8.56. The molecular weight excluding hydrogens is 308 g/mol. The molecule has 24 heavy (non-hydrogen) atoms. The van der Waals surface area contributed by atoms with Crippen LogP contribution in [-0.2, 0) is 0 Å². The van der Waals surface area contributed by atoms with Gasteiger partial charge in [-0.15, -0.1) is 0 Å². The Labute approximate surface area is 143 Å². The number of ether oxygens (including phenoxy) is 2. The van der Waals surface area contributed by atoms with Crippen molar-refractivity contribution in [2.75, 3.05) is 45.9 Å². The summed E-state index contributed by atoms with van der Waals surface area (Å²) in [5.41, 5.74) is -0.0734. The molecular formula is C18H26N2O4. The van der Waals surface area contributed by atoms with E-state index in [9.17, 15) is 9.90 Å². The van der Waals surface area contributed by atoms with Crippen molar-refractivity contribution in [2.45, 2.75) is 25.9 Å². The number of hydrogen-bond acceptors (Lipinski definition) is 5. The molecule has 6 heteroatoms. The quantitative estimate of drug-likeness (QED) is 0.905. The molecule has 0 bridgehead atoms. The van der Waals surface area contributed by atoms with Gasteiger partial charge in [0.25, 0.3) is 5.91 Å². The van der Waals surface area contributed by atoms with E-state index in [1.807, 2.05) is 24.8 Å². The maximum Gasteiger partial charge on any atom is 0.254 e. The smallest absolute Gasteiger partial charge is 0.254 e. The zero-order valence-corrected chi connectivity index (χ0v) is 14.5. The normalized spacial score (nSPS) is 19.0. The van der Waals surface area contributed by atoms with Gasteiger partial charge in [0.1, 0.15) is 0 Å². The number of fused-ring (bicyclic) bond motifs is 1. The van der Waals surface area contributed by atoms with Crippen LogP contribution in [0.5, 0.6) is 11.5 Å². The van der Waals surface area contributed by atoms with Crippen LogP contribution in [0.25, 0.3) is 0 Å². The van der Waals surface area contributed by atoms with Gasteiger partial charge in [0.15, 0.2) is 11.5 Å². The van der Waals surface area contributed by atoms with Crippen LogP contribution in [0.15, 0.2) is 18.2 Å². The summed E-state index contributed by atoms with van der Waals surface area (Å²) in [6, 6.07) is 5.41. The fraction of sp³-hybridized carbons (Fsp3) is 0.611. The molecule has 2 heterocycles. The van der Waals surface area contributed by atoms with Crippen molar-refractivity contribution in [3.63, 3.8) is 0 Å². The molecule has 3 rings (SSSR count). The third kappa shape index (κ3) is 4.19. The molecule has 2 aliphatic heterocycles. The lowest BCUT2D eigenvalue weighted by molar-refractivity contribution is 0.0178. The number of amides is 1. The lowest BCUT2D eigenvalue weighted by Gasteiger charge is -2.37. The van der Waals surface area contributed by atoms with Crippen molar-refractivity contribution in [3.05, 3.63) is 23.8 Å². The molecule has 0 unspecified atom stereocenters. The minimum atomic E-state index is -0.708. The molecule has 0 atom stereocenters. The number of carbonyl (C=O) groups excluding carboxylic acids is 1. The monoisotopic (exact) mass is 334 g/mol. The highest BCUT2D eigenvalue weighted by molar-refractivity contribution is 5.95. The van der Waals surface area contributed by atoms with E-state index in [1.165, 1.54) is 0 Å². The molecule has 1 amide bonds. The van der Waals surface area contributed by atoms with E-state index in [2.05, 4.69) is 4.90 Å². The molecule has 1 saturated heterocycles. The Balaban J connectivity index is 1.62. The number of carbonyl (C=O) groups is 1. The number of nitrogens with zero attached hydrogens (tertiary/aromatic N) is 2. The minimum absolute atomic E-state index is 0.0218. The lowest BCUT2D eigenvalue weighted by atomic mass is 10.1. The Morgan fingerprint density at radius 1 is 1.12 bits per heavy atom. The number of hydrogen-bond donors (Lipinski definition) is 1. The van der Waals surface area contributed by atoms with Crippen molar-refractivity contribution >= 4 is 5.91 Å². The maximum absolute atomic E-state index is 12.7. The summed E-state index contributed by atoms with van der Waals surface area (Å²) < 4.78 is 11.3. The number of benzene rings is 1. The van der Waals surface area contributed by atoms with Crippen molar-refractivity contribution in [2.24, 2.45) is 0 Å². The molecule has 0 spiro atoms. The van der Waals surface area contributed by atoms with E-state index >= 15 is 0 Å². The average Bonchev–Trinajstić information content (AvgIpc) is 2.78. The third-order valence-corrected chi connectivity index (χ3v) is 4.26. The molecule has 2 aliphatic rings. The second-order valence-corrected chi connectivity index (χ2v) is 7.09. The predicted molar refractivity (Wildman–Crippen MR) is 90.7 cm³/mol. The molecule has 0 aliphatic carbocycles. The van der Waals surface area contributed by atoms with Crippen LogP contribution >= 0.6 is 0 Å². The Hall–Kier alpha value is -1.79. The van der Waals surface area contributed by atoms with Crippen LogP contribution in [0, 0.1) is 0 Å². The number of β-amino-alcohol motifs (C(OH)–C–C–N with tert-alkyl or cyclic N) is 1. The van der Waals surface area contributed by atoms with Gasteiger partial charge in [0, 0.05) is 44.7 Å². The van der Waals surface area contributed by atoms with Gasteiger partial charge < -0.3 is 19.5 Å². The molecule has 0 aromatic heterocycles. The number of rotatable bonds is 3. The Morgan fingerprint density at radius 3 is 2.46 bits per heavy atom. The highest BCUT2D eigenvalue weighted by atomic mass is 16.5. The topological polar surface area (TPSA) is 62.2 Å². The predicted octanol–water partition coefficient (Wildman–Crippen LogP) is 1.38. The van der Waals surface area contributed by atoms with Crippen molar-refractivity contribution < 1.29 is 19.4 Å². The van der Waals surface area contributed by atoms with E-state index in [0.29, 0.717) is 49.9 Å². The first kappa shape index (κ1) is 17.0. The Bertz CT molecular complexity index is 589. The van der Waals surface area contributed by atoms with Crippen LogP contribution in [0.1, 0.15) is 30.6 Å².